The van der Waals surface area contributed by atoms with E-state index in [0.717, 1.165) is 31.4 Å². The van der Waals surface area contributed by atoms with Crippen molar-refractivity contribution in [2.45, 2.75) is 57.6 Å². The maximum Gasteiger partial charge on any atom is 0.413 e. The molecule has 142 valence electrons. The second kappa shape index (κ2) is 7.10. The molecule has 2 aliphatic rings. The third-order valence-corrected chi connectivity index (χ3v) is 5.86. The number of carbonyl (C=O) groups is 1. The average Bonchev–Trinajstić information content (AvgIpc) is 2.55. The Kier molecular flexibility index (Phi) is 5.19. The molecule has 2 atom stereocenters. The van der Waals surface area contributed by atoms with Crippen LogP contribution in [0.1, 0.15) is 52.0 Å². The number of halogens is 1. The first-order valence-corrected chi connectivity index (χ1v) is 9.96. The summed E-state index contributed by atoms with van der Waals surface area (Å²) < 4.78 is 20.0. The van der Waals surface area contributed by atoms with Crippen molar-refractivity contribution < 1.29 is 13.9 Å². The van der Waals surface area contributed by atoms with Crippen molar-refractivity contribution >= 4 is 28.7 Å². The lowest BCUT2D eigenvalue weighted by Gasteiger charge is -2.44. The van der Waals surface area contributed by atoms with Gasteiger partial charge in [-0.25, -0.2) is 9.18 Å². The Morgan fingerprint density at radius 2 is 2.19 bits per heavy atom. The molecule has 3 N–H and O–H groups in total. The summed E-state index contributed by atoms with van der Waals surface area (Å²) in [5.74, 6) is 0.711. The number of amidine groups is 1. The van der Waals surface area contributed by atoms with Crippen LogP contribution in [0.4, 0.5) is 14.9 Å². The number of rotatable bonds is 1. The van der Waals surface area contributed by atoms with Gasteiger partial charge < -0.3 is 10.5 Å². The Labute approximate surface area is 158 Å². The zero-order valence-electron chi connectivity index (χ0n) is 15.5. The summed E-state index contributed by atoms with van der Waals surface area (Å²) in [5, 5.41) is 3.22. The van der Waals surface area contributed by atoms with E-state index in [1.54, 1.807) is 12.1 Å². The fourth-order valence-electron chi connectivity index (χ4n) is 3.73. The highest BCUT2D eigenvalue weighted by atomic mass is 32.2. The molecular weight excluding hydrogens is 353 g/mol. The summed E-state index contributed by atoms with van der Waals surface area (Å²) >= 11 is 1.49. The highest BCUT2D eigenvalue weighted by Gasteiger charge is 2.46. The molecule has 0 radical (unpaired) electrons. The van der Waals surface area contributed by atoms with Crippen molar-refractivity contribution in [2.24, 2.45) is 10.9 Å². The highest BCUT2D eigenvalue weighted by Crippen LogP contribution is 2.50. The quantitative estimate of drug-likeness (QED) is 0.708. The third-order valence-electron chi connectivity index (χ3n) is 4.82. The molecule has 5 nitrogen and oxygen atoms in total. The molecule has 0 bridgehead atoms. The Hall–Kier alpha value is -1.76. The molecule has 3 rings (SSSR count). The van der Waals surface area contributed by atoms with Gasteiger partial charge in [-0.05, 0) is 57.7 Å². The van der Waals surface area contributed by atoms with E-state index in [0.29, 0.717) is 16.4 Å². The van der Waals surface area contributed by atoms with Crippen LogP contribution in [0.3, 0.4) is 0 Å². The maximum atomic E-state index is 14.7. The van der Waals surface area contributed by atoms with Gasteiger partial charge in [-0.3, -0.25) is 10.3 Å². The van der Waals surface area contributed by atoms with E-state index >= 15 is 0 Å². The topological polar surface area (TPSA) is 76.7 Å². The molecule has 7 heteroatoms. The van der Waals surface area contributed by atoms with E-state index in [2.05, 4.69) is 5.32 Å². The molecule has 1 fully saturated rings. The van der Waals surface area contributed by atoms with Crippen LogP contribution in [0.15, 0.2) is 23.2 Å². The number of alkyl carbamates (subject to hydrolysis) is 1. The van der Waals surface area contributed by atoms with Gasteiger partial charge in [-0.2, -0.15) is 0 Å². The van der Waals surface area contributed by atoms with Gasteiger partial charge in [0.05, 0.1) is 5.54 Å². The van der Waals surface area contributed by atoms with Gasteiger partial charge in [0.25, 0.3) is 0 Å². The van der Waals surface area contributed by atoms with Crippen LogP contribution in [0.2, 0.25) is 0 Å². The highest BCUT2D eigenvalue weighted by molar-refractivity contribution is 8.13. The number of benzene rings is 1. The molecule has 0 aromatic heterocycles. The fraction of sp³-hybridized carbons (Fsp3) is 0.579. The number of nitrogens with zero attached hydrogens (tertiary/aromatic N) is 1. The Balaban J connectivity index is 1.95. The number of hydrogen-bond acceptors (Lipinski definition) is 5. The minimum Gasteiger partial charge on any atom is -0.444 e. The zero-order chi connectivity index (χ0) is 18.9. The van der Waals surface area contributed by atoms with Gasteiger partial charge in [0.2, 0.25) is 0 Å². The number of fused-ring (bicyclic) bond motifs is 1. The number of nitrogen functional groups attached to an aromatic ring is 1. The van der Waals surface area contributed by atoms with E-state index in [4.69, 9.17) is 15.5 Å². The van der Waals surface area contributed by atoms with E-state index in [-0.39, 0.29) is 11.7 Å². The predicted molar refractivity (Wildman–Crippen MR) is 104 cm³/mol. The molecule has 1 aliphatic heterocycles. The SMILES string of the molecule is CC(C)(C)OC(=O)NC1=NC2(c3cc(N)ccc3F)CCCCC2CS1. The van der Waals surface area contributed by atoms with Crippen LogP contribution in [-0.2, 0) is 10.3 Å². The molecule has 1 heterocycles. The molecular formula is C19H26FN3O2S. The number of nitrogens with one attached hydrogen (secondary N) is 1. The molecule has 26 heavy (non-hydrogen) atoms. The Morgan fingerprint density at radius 1 is 1.42 bits per heavy atom. The van der Waals surface area contributed by atoms with E-state index < -0.39 is 17.2 Å². The second-order valence-electron chi connectivity index (χ2n) is 7.96. The molecule has 1 aromatic carbocycles. The van der Waals surface area contributed by atoms with Crippen molar-refractivity contribution in [3.63, 3.8) is 0 Å². The lowest BCUT2D eigenvalue weighted by atomic mass is 9.69. The van der Waals surface area contributed by atoms with Crippen molar-refractivity contribution in [2.75, 3.05) is 11.5 Å². The molecule has 1 amide bonds. The number of anilines is 1. The number of amides is 1. The monoisotopic (exact) mass is 379 g/mol. The lowest BCUT2D eigenvalue weighted by Crippen LogP contribution is -2.45. The molecule has 0 spiro atoms. The van der Waals surface area contributed by atoms with E-state index in [9.17, 15) is 9.18 Å². The number of nitrogens with two attached hydrogens (primary N) is 1. The minimum absolute atomic E-state index is 0.224. The third kappa shape index (κ3) is 3.98. The first-order valence-electron chi connectivity index (χ1n) is 8.98. The van der Waals surface area contributed by atoms with Gasteiger partial charge in [-0.1, -0.05) is 24.6 Å². The largest absolute Gasteiger partial charge is 0.444 e. The number of hydrogen-bond donors (Lipinski definition) is 2. The number of aliphatic imine (C=N–C) groups is 1. The molecule has 0 saturated heterocycles. The Morgan fingerprint density at radius 3 is 2.92 bits per heavy atom. The number of thioether (sulfide) groups is 1. The maximum absolute atomic E-state index is 14.7. The summed E-state index contributed by atoms with van der Waals surface area (Å²) in [6, 6.07) is 4.66. The zero-order valence-corrected chi connectivity index (χ0v) is 16.3. The predicted octanol–water partition coefficient (Wildman–Crippen LogP) is 4.42. The van der Waals surface area contributed by atoms with Crippen LogP contribution in [0, 0.1) is 11.7 Å². The Bertz CT molecular complexity index is 732. The van der Waals surface area contributed by atoms with Crippen LogP contribution in [0.25, 0.3) is 0 Å². The number of carbonyl (C=O) groups excluding carboxylic acids is 1. The second-order valence-corrected chi connectivity index (χ2v) is 8.97. The van der Waals surface area contributed by atoms with Crippen molar-refractivity contribution in [1.29, 1.82) is 0 Å². The minimum atomic E-state index is -0.673. The number of ether oxygens (including phenoxy) is 1. The summed E-state index contributed by atoms with van der Waals surface area (Å²) in [6.45, 7) is 5.43. The standard InChI is InChI=1S/C19H26FN3O2S/c1-18(2,3)25-17(24)22-16-23-19(9-5-4-6-12(19)11-26-16)14-10-13(21)7-8-15(14)20/h7-8,10,12H,4-6,9,11,21H2,1-3H3,(H,22,23,24). The normalized spacial score (nSPS) is 25.8. The fourth-order valence-corrected chi connectivity index (χ4v) is 4.92. The molecule has 1 aromatic rings. The van der Waals surface area contributed by atoms with Crippen molar-refractivity contribution in [3.8, 4) is 0 Å². The summed E-state index contributed by atoms with van der Waals surface area (Å²) in [4.78, 5) is 17.0. The van der Waals surface area contributed by atoms with Gasteiger partial charge >= 0.3 is 6.09 Å². The lowest BCUT2D eigenvalue weighted by molar-refractivity contribution is 0.0563. The van der Waals surface area contributed by atoms with E-state index in [1.165, 1.54) is 17.8 Å². The summed E-state index contributed by atoms with van der Waals surface area (Å²) in [6.07, 6.45) is 3.28. The van der Waals surface area contributed by atoms with Crippen molar-refractivity contribution in [3.05, 3.63) is 29.6 Å². The van der Waals surface area contributed by atoms with Crippen molar-refractivity contribution in [1.82, 2.24) is 5.32 Å². The van der Waals surface area contributed by atoms with Crippen LogP contribution in [-0.4, -0.2) is 22.6 Å². The molecule has 1 aliphatic carbocycles. The molecule has 2 unspecified atom stereocenters. The van der Waals surface area contributed by atoms with Crippen LogP contribution in [0.5, 0.6) is 0 Å². The van der Waals surface area contributed by atoms with E-state index in [1.807, 2.05) is 20.8 Å². The summed E-state index contributed by atoms with van der Waals surface area (Å²) in [7, 11) is 0. The van der Waals surface area contributed by atoms with Gasteiger partial charge in [0.1, 0.15) is 11.4 Å². The summed E-state index contributed by atoms with van der Waals surface area (Å²) in [5.41, 5.74) is 5.72. The first-order chi connectivity index (χ1) is 12.2. The first kappa shape index (κ1) is 19.0. The van der Waals surface area contributed by atoms with Crippen LogP contribution >= 0.6 is 11.8 Å². The van der Waals surface area contributed by atoms with Crippen LogP contribution < -0.4 is 11.1 Å². The molecule has 1 saturated carbocycles. The van der Waals surface area contributed by atoms with Gasteiger partial charge in [0.15, 0.2) is 5.17 Å². The average molecular weight is 380 g/mol. The van der Waals surface area contributed by atoms with Gasteiger partial charge in [-0.15, -0.1) is 0 Å². The smallest absolute Gasteiger partial charge is 0.413 e. The van der Waals surface area contributed by atoms with Gasteiger partial charge in [0, 0.05) is 17.0 Å².